The maximum Gasteiger partial charge on any atom is 0.170 e. The predicted molar refractivity (Wildman–Crippen MR) is 124 cm³/mol. The lowest BCUT2D eigenvalue weighted by atomic mass is 10.0. The molecule has 4 aromatic rings. The second-order valence-electron chi connectivity index (χ2n) is 7.14. The van der Waals surface area contributed by atoms with Crippen molar-refractivity contribution in [3.63, 3.8) is 0 Å². The molecule has 1 N–H and O–H groups in total. The molecule has 5 nitrogen and oxygen atoms in total. The first-order valence-electron chi connectivity index (χ1n) is 9.66. The van der Waals surface area contributed by atoms with Crippen LogP contribution in [-0.4, -0.2) is 15.0 Å². The first-order valence-corrected chi connectivity index (χ1v) is 10.8. The Morgan fingerprint density at radius 3 is 2.71 bits per heavy atom. The topological polar surface area (TPSA) is 54.4 Å². The largest absolute Gasteiger partial charge is 0.467 e. The maximum absolute atomic E-state index is 6.41. The van der Waals surface area contributed by atoms with E-state index in [9.17, 15) is 0 Å². The van der Waals surface area contributed by atoms with E-state index in [0.29, 0.717) is 27.5 Å². The molecular weight excluding hydrogens is 453 g/mol. The summed E-state index contributed by atoms with van der Waals surface area (Å²) in [5.41, 5.74) is 1.61. The van der Waals surface area contributed by atoms with Gasteiger partial charge in [-0.25, -0.2) is 0 Å². The van der Waals surface area contributed by atoms with Crippen molar-refractivity contribution < 1.29 is 8.83 Å². The highest BCUT2D eigenvalue weighted by atomic mass is 35.5. The molecule has 1 saturated heterocycles. The second kappa shape index (κ2) is 8.38. The Labute approximate surface area is 194 Å². The van der Waals surface area contributed by atoms with Crippen LogP contribution in [0.3, 0.4) is 0 Å². The lowest BCUT2D eigenvalue weighted by Crippen LogP contribution is -2.28. The number of thiocarbonyl (C=S) groups is 1. The van der Waals surface area contributed by atoms with Crippen molar-refractivity contribution >= 4 is 40.5 Å². The van der Waals surface area contributed by atoms with Gasteiger partial charge in [-0.1, -0.05) is 35.3 Å². The van der Waals surface area contributed by atoms with Crippen LogP contribution in [0.2, 0.25) is 10.0 Å². The summed E-state index contributed by atoms with van der Waals surface area (Å²) in [7, 11) is 0. The number of aromatic nitrogens is 1. The molecule has 0 saturated carbocycles. The third-order valence-corrected chi connectivity index (χ3v) is 6.41. The van der Waals surface area contributed by atoms with Gasteiger partial charge in [0.15, 0.2) is 5.11 Å². The van der Waals surface area contributed by atoms with Crippen molar-refractivity contribution in [1.82, 2.24) is 15.2 Å². The van der Waals surface area contributed by atoms with Gasteiger partial charge in [0, 0.05) is 11.8 Å². The average Bonchev–Trinajstić information content (AvgIpc) is 3.52. The second-order valence-corrected chi connectivity index (χ2v) is 8.31. The molecule has 8 heteroatoms. The van der Waals surface area contributed by atoms with E-state index in [-0.39, 0.29) is 12.1 Å². The number of hydrogen-bond acceptors (Lipinski definition) is 4. The van der Waals surface area contributed by atoms with Gasteiger partial charge < -0.3 is 19.1 Å². The fourth-order valence-corrected chi connectivity index (χ4v) is 4.50. The molecule has 1 aliphatic rings. The third kappa shape index (κ3) is 3.83. The number of hydrogen-bond donors (Lipinski definition) is 1. The molecule has 2 atom stereocenters. The standard InChI is InChI=1S/C23H17Cl2N3O2S/c24-16-7-3-6-15(20(16)25)18-9-10-19(30-18)22-21(17-8-1-2-11-26-17)27-23(31)28(22)13-14-5-4-12-29-14/h1-12,21-22H,13H2,(H,27,31)/t21-,22+/m1/s1. The number of rotatable bonds is 5. The van der Waals surface area contributed by atoms with Crippen molar-refractivity contribution in [3.05, 3.63) is 100 Å². The Bertz CT molecular complexity index is 1210. The molecule has 156 valence electrons. The summed E-state index contributed by atoms with van der Waals surface area (Å²) in [6.07, 6.45) is 3.42. The van der Waals surface area contributed by atoms with Crippen molar-refractivity contribution in [3.8, 4) is 11.3 Å². The summed E-state index contributed by atoms with van der Waals surface area (Å²) in [6, 6.07) is 18.5. The fourth-order valence-electron chi connectivity index (χ4n) is 3.81. The van der Waals surface area contributed by atoms with Gasteiger partial charge in [-0.05, 0) is 60.7 Å². The van der Waals surface area contributed by atoms with E-state index in [1.165, 1.54) is 0 Å². The molecule has 0 aliphatic carbocycles. The number of furan rings is 2. The van der Waals surface area contributed by atoms with Gasteiger partial charge in [-0.3, -0.25) is 4.98 Å². The highest BCUT2D eigenvalue weighted by Gasteiger charge is 2.42. The zero-order chi connectivity index (χ0) is 21.4. The van der Waals surface area contributed by atoms with E-state index in [0.717, 1.165) is 22.8 Å². The number of nitrogens with zero attached hydrogens (tertiary/aromatic N) is 2. The Morgan fingerprint density at radius 2 is 1.94 bits per heavy atom. The minimum Gasteiger partial charge on any atom is -0.467 e. The lowest BCUT2D eigenvalue weighted by Gasteiger charge is -2.25. The van der Waals surface area contributed by atoms with Crippen LogP contribution in [0.15, 0.2) is 82.0 Å². The molecule has 5 rings (SSSR count). The lowest BCUT2D eigenvalue weighted by molar-refractivity contribution is 0.253. The van der Waals surface area contributed by atoms with Gasteiger partial charge in [-0.2, -0.15) is 0 Å². The Balaban J connectivity index is 1.56. The summed E-state index contributed by atoms with van der Waals surface area (Å²) in [5.74, 6) is 2.18. The van der Waals surface area contributed by atoms with Crippen LogP contribution in [0.1, 0.15) is 29.3 Å². The van der Waals surface area contributed by atoms with Crippen LogP contribution in [0.5, 0.6) is 0 Å². The van der Waals surface area contributed by atoms with E-state index < -0.39 is 0 Å². The van der Waals surface area contributed by atoms with Crippen molar-refractivity contribution in [1.29, 1.82) is 0 Å². The average molecular weight is 470 g/mol. The smallest absolute Gasteiger partial charge is 0.170 e. The minimum absolute atomic E-state index is 0.183. The Kier molecular flexibility index (Phi) is 5.44. The van der Waals surface area contributed by atoms with Gasteiger partial charge in [0.1, 0.15) is 23.3 Å². The van der Waals surface area contributed by atoms with E-state index in [2.05, 4.69) is 15.2 Å². The Hall–Kier alpha value is -2.80. The molecule has 0 spiro atoms. The van der Waals surface area contributed by atoms with Gasteiger partial charge in [0.05, 0.1) is 34.6 Å². The number of benzene rings is 1. The highest BCUT2D eigenvalue weighted by Crippen LogP contribution is 2.42. The molecule has 1 aliphatic heterocycles. The first-order chi connectivity index (χ1) is 15.1. The molecule has 0 radical (unpaired) electrons. The minimum atomic E-state index is -0.223. The first kappa shape index (κ1) is 20.1. The van der Waals surface area contributed by atoms with Crippen LogP contribution in [0, 0.1) is 0 Å². The number of nitrogens with one attached hydrogen (secondary N) is 1. The molecule has 31 heavy (non-hydrogen) atoms. The molecule has 1 aromatic carbocycles. The summed E-state index contributed by atoms with van der Waals surface area (Å²) in [5, 5.41) is 4.94. The Morgan fingerprint density at radius 1 is 1.03 bits per heavy atom. The molecule has 1 fully saturated rings. The molecule has 3 aromatic heterocycles. The van der Waals surface area contributed by atoms with Gasteiger partial charge in [-0.15, -0.1) is 0 Å². The zero-order valence-electron chi connectivity index (χ0n) is 16.2. The molecule has 0 bridgehead atoms. The van der Waals surface area contributed by atoms with Crippen LogP contribution >= 0.6 is 35.4 Å². The summed E-state index contributed by atoms with van der Waals surface area (Å²) in [6.45, 7) is 0.501. The normalized spacial score (nSPS) is 18.4. The highest BCUT2D eigenvalue weighted by molar-refractivity contribution is 7.80. The summed E-state index contributed by atoms with van der Waals surface area (Å²) >= 11 is 18.3. The van der Waals surface area contributed by atoms with E-state index >= 15 is 0 Å². The molecule has 0 amide bonds. The van der Waals surface area contributed by atoms with Crippen molar-refractivity contribution in [2.75, 3.05) is 0 Å². The quantitative estimate of drug-likeness (QED) is 0.340. The van der Waals surface area contributed by atoms with Crippen LogP contribution < -0.4 is 5.32 Å². The van der Waals surface area contributed by atoms with Crippen LogP contribution in [-0.2, 0) is 6.54 Å². The third-order valence-electron chi connectivity index (χ3n) is 5.24. The number of halogens is 2. The van der Waals surface area contributed by atoms with E-state index in [4.69, 9.17) is 44.3 Å². The summed E-state index contributed by atoms with van der Waals surface area (Å²) < 4.78 is 11.9. The molecule has 4 heterocycles. The maximum atomic E-state index is 6.41. The predicted octanol–water partition coefficient (Wildman–Crippen LogP) is 6.41. The van der Waals surface area contributed by atoms with Gasteiger partial charge in [0.2, 0.25) is 0 Å². The van der Waals surface area contributed by atoms with Crippen LogP contribution in [0.4, 0.5) is 0 Å². The molecular formula is C23H17Cl2N3O2S. The summed E-state index contributed by atoms with van der Waals surface area (Å²) in [4.78, 5) is 6.59. The molecule has 0 unspecified atom stereocenters. The van der Waals surface area contributed by atoms with Crippen molar-refractivity contribution in [2.24, 2.45) is 0 Å². The van der Waals surface area contributed by atoms with Gasteiger partial charge in [0.25, 0.3) is 0 Å². The van der Waals surface area contributed by atoms with Crippen LogP contribution in [0.25, 0.3) is 11.3 Å². The zero-order valence-corrected chi connectivity index (χ0v) is 18.5. The SMILES string of the molecule is S=C1N[C@H](c2ccccn2)[C@H](c2ccc(-c3cccc(Cl)c3Cl)o2)N1Cc1ccco1. The van der Waals surface area contributed by atoms with Gasteiger partial charge >= 0.3 is 0 Å². The monoisotopic (exact) mass is 469 g/mol. The van der Waals surface area contributed by atoms with Crippen molar-refractivity contribution in [2.45, 2.75) is 18.6 Å². The van der Waals surface area contributed by atoms with E-state index in [1.807, 2.05) is 54.6 Å². The van der Waals surface area contributed by atoms with E-state index in [1.54, 1.807) is 18.5 Å². The number of pyridine rings is 1. The fraction of sp³-hybridized carbons (Fsp3) is 0.130.